The first-order valence-corrected chi connectivity index (χ1v) is 3.64. The van der Waals surface area contributed by atoms with Crippen molar-refractivity contribution in [2.75, 3.05) is 7.05 Å². The summed E-state index contributed by atoms with van der Waals surface area (Å²) in [5.74, 6) is -0.942. The SMILES string of the molecule is CNNC(=O)c1ccc(O)c(O)c1. The van der Waals surface area contributed by atoms with Gasteiger partial charge in [0.25, 0.3) is 5.91 Å². The first-order valence-electron chi connectivity index (χ1n) is 3.64. The first-order chi connectivity index (χ1) is 6.15. The second-order valence-corrected chi connectivity index (χ2v) is 2.41. The monoisotopic (exact) mass is 182 g/mol. The molecule has 5 heteroatoms. The molecule has 0 aliphatic heterocycles. The van der Waals surface area contributed by atoms with Gasteiger partial charge < -0.3 is 10.2 Å². The van der Waals surface area contributed by atoms with Crippen molar-refractivity contribution in [2.24, 2.45) is 0 Å². The topological polar surface area (TPSA) is 81.6 Å². The maximum atomic E-state index is 11.1. The van der Waals surface area contributed by atoms with E-state index in [0.717, 1.165) is 0 Å². The predicted octanol–water partition coefficient (Wildman–Crippen LogP) is -0.0380. The summed E-state index contributed by atoms with van der Waals surface area (Å²) in [6.45, 7) is 0. The van der Waals surface area contributed by atoms with E-state index in [1.807, 2.05) is 0 Å². The first kappa shape index (κ1) is 9.34. The van der Waals surface area contributed by atoms with Crippen LogP contribution in [-0.2, 0) is 0 Å². The predicted molar refractivity (Wildman–Crippen MR) is 46.3 cm³/mol. The third kappa shape index (κ3) is 2.09. The number of phenolic OH excluding ortho intramolecular Hbond substituents is 2. The van der Waals surface area contributed by atoms with Gasteiger partial charge in [0.2, 0.25) is 0 Å². The van der Waals surface area contributed by atoms with Crippen LogP contribution in [0.3, 0.4) is 0 Å². The van der Waals surface area contributed by atoms with Gasteiger partial charge in [-0.25, -0.2) is 5.43 Å². The molecular formula is C8H10N2O3. The molecule has 1 aromatic rings. The fraction of sp³-hybridized carbons (Fsp3) is 0.125. The minimum Gasteiger partial charge on any atom is -0.504 e. The van der Waals surface area contributed by atoms with E-state index < -0.39 is 0 Å². The summed E-state index contributed by atoms with van der Waals surface area (Å²) < 4.78 is 0. The number of benzene rings is 1. The van der Waals surface area contributed by atoms with Crippen LogP contribution in [-0.4, -0.2) is 23.2 Å². The van der Waals surface area contributed by atoms with Crippen molar-refractivity contribution in [3.8, 4) is 11.5 Å². The molecule has 0 unspecified atom stereocenters. The molecule has 0 fully saturated rings. The van der Waals surface area contributed by atoms with Crippen molar-refractivity contribution >= 4 is 5.91 Å². The van der Waals surface area contributed by atoms with E-state index in [9.17, 15) is 4.79 Å². The number of carbonyl (C=O) groups is 1. The van der Waals surface area contributed by atoms with Gasteiger partial charge in [-0.2, -0.15) is 0 Å². The summed E-state index contributed by atoms with van der Waals surface area (Å²) >= 11 is 0. The van der Waals surface area contributed by atoms with E-state index in [-0.39, 0.29) is 23.0 Å². The highest BCUT2D eigenvalue weighted by Gasteiger charge is 2.06. The minimum absolute atomic E-state index is 0.249. The summed E-state index contributed by atoms with van der Waals surface area (Å²) in [5, 5.41) is 18.0. The van der Waals surface area contributed by atoms with E-state index in [2.05, 4.69) is 10.9 Å². The fourth-order valence-electron chi connectivity index (χ4n) is 0.850. The summed E-state index contributed by atoms with van der Waals surface area (Å²) in [5.41, 5.74) is 5.05. The Labute approximate surface area is 75.0 Å². The summed E-state index contributed by atoms with van der Waals surface area (Å²) in [4.78, 5) is 11.1. The zero-order valence-electron chi connectivity index (χ0n) is 7.03. The van der Waals surface area contributed by atoms with Gasteiger partial charge in [0.1, 0.15) is 0 Å². The molecule has 0 aliphatic carbocycles. The van der Waals surface area contributed by atoms with E-state index in [1.165, 1.54) is 18.2 Å². The van der Waals surface area contributed by atoms with E-state index in [4.69, 9.17) is 10.2 Å². The Morgan fingerprint density at radius 1 is 1.31 bits per heavy atom. The molecule has 0 aromatic heterocycles. The molecule has 0 atom stereocenters. The van der Waals surface area contributed by atoms with Gasteiger partial charge >= 0.3 is 0 Å². The smallest absolute Gasteiger partial charge is 0.265 e. The lowest BCUT2D eigenvalue weighted by molar-refractivity contribution is 0.0937. The summed E-state index contributed by atoms with van der Waals surface area (Å²) in [6.07, 6.45) is 0. The molecule has 0 saturated carbocycles. The number of phenols is 2. The van der Waals surface area contributed by atoms with Gasteiger partial charge in [0.05, 0.1) is 0 Å². The van der Waals surface area contributed by atoms with Crippen LogP contribution in [0, 0.1) is 0 Å². The maximum Gasteiger partial charge on any atom is 0.265 e. The van der Waals surface area contributed by atoms with Crippen LogP contribution in [0.4, 0.5) is 0 Å². The largest absolute Gasteiger partial charge is 0.504 e. The van der Waals surface area contributed by atoms with E-state index in [0.29, 0.717) is 0 Å². The van der Waals surface area contributed by atoms with Gasteiger partial charge in [-0.15, -0.1) is 0 Å². The molecular weight excluding hydrogens is 172 g/mol. The number of nitrogens with one attached hydrogen (secondary N) is 2. The molecule has 5 nitrogen and oxygen atoms in total. The second-order valence-electron chi connectivity index (χ2n) is 2.41. The molecule has 0 bridgehead atoms. The van der Waals surface area contributed by atoms with Gasteiger partial charge in [-0.3, -0.25) is 10.2 Å². The molecule has 4 N–H and O–H groups in total. The number of carbonyl (C=O) groups excluding carboxylic acids is 1. The standard InChI is InChI=1S/C8H10N2O3/c1-9-10-8(13)5-2-3-6(11)7(12)4-5/h2-4,9,11-12H,1H3,(H,10,13). The van der Waals surface area contributed by atoms with Crippen molar-refractivity contribution in [3.63, 3.8) is 0 Å². The van der Waals surface area contributed by atoms with Crippen LogP contribution < -0.4 is 10.9 Å². The Kier molecular flexibility index (Phi) is 2.71. The van der Waals surface area contributed by atoms with Crippen molar-refractivity contribution in [1.82, 2.24) is 10.9 Å². The third-order valence-corrected chi connectivity index (χ3v) is 1.48. The van der Waals surface area contributed by atoms with E-state index in [1.54, 1.807) is 7.05 Å². The highest BCUT2D eigenvalue weighted by Crippen LogP contribution is 2.24. The fourth-order valence-corrected chi connectivity index (χ4v) is 0.850. The Balaban J connectivity index is 2.90. The average Bonchev–Trinajstić information content (AvgIpc) is 2.10. The highest BCUT2D eigenvalue weighted by atomic mass is 16.3. The third-order valence-electron chi connectivity index (χ3n) is 1.48. The van der Waals surface area contributed by atoms with Crippen LogP contribution in [0.25, 0.3) is 0 Å². The zero-order valence-corrected chi connectivity index (χ0v) is 7.03. The Morgan fingerprint density at radius 3 is 2.54 bits per heavy atom. The number of rotatable bonds is 2. The number of hydrazine groups is 1. The summed E-state index contributed by atoms with van der Waals surface area (Å²) in [7, 11) is 1.55. The average molecular weight is 182 g/mol. The molecule has 1 aromatic carbocycles. The van der Waals surface area contributed by atoms with Crippen molar-refractivity contribution in [3.05, 3.63) is 23.8 Å². The molecule has 0 radical (unpaired) electrons. The lowest BCUT2D eigenvalue weighted by Crippen LogP contribution is -2.33. The normalized spacial score (nSPS) is 9.62. The van der Waals surface area contributed by atoms with Crippen LogP contribution in [0.2, 0.25) is 0 Å². The van der Waals surface area contributed by atoms with Crippen LogP contribution in [0.15, 0.2) is 18.2 Å². The Bertz CT molecular complexity index is 325. The van der Waals surface area contributed by atoms with Crippen molar-refractivity contribution < 1.29 is 15.0 Å². The number of hydrogen-bond acceptors (Lipinski definition) is 4. The molecule has 0 saturated heterocycles. The molecule has 13 heavy (non-hydrogen) atoms. The number of aromatic hydroxyl groups is 2. The van der Waals surface area contributed by atoms with Crippen LogP contribution >= 0.6 is 0 Å². The van der Waals surface area contributed by atoms with Gasteiger partial charge in [-0.05, 0) is 18.2 Å². The van der Waals surface area contributed by atoms with Crippen LogP contribution in [0.1, 0.15) is 10.4 Å². The molecule has 0 aliphatic rings. The molecule has 0 heterocycles. The lowest BCUT2D eigenvalue weighted by atomic mass is 10.2. The van der Waals surface area contributed by atoms with Gasteiger partial charge in [-0.1, -0.05) is 0 Å². The highest BCUT2D eigenvalue weighted by molar-refractivity contribution is 5.94. The second kappa shape index (κ2) is 3.77. The molecule has 0 spiro atoms. The van der Waals surface area contributed by atoms with Gasteiger partial charge in [0, 0.05) is 12.6 Å². The molecule has 1 amide bonds. The van der Waals surface area contributed by atoms with Gasteiger partial charge in [0.15, 0.2) is 11.5 Å². The zero-order chi connectivity index (χ0) is 9.84. The Hall–Kier alpha value is -1.75. The van der Waals surface area contributed by atoms with E-state index >= 15 is 0 Å². The van der Waals surface area contributed by atoms with Crippen molar-refractivity contribution in [2.45, 2.75) is 0 Å². The Morgan fingerprint density at radius 2 is 2.00 bits per heavy atom. The lowest BCUT2D eigenvalue weighted by Gasteiger charge is -2.03. The number of amides is 1. The maximum absolute atomic E-state index is 11.1. The minimum atomic E-state index is -0.377. The van der Waals surface area contributed by atoms with Crippen molar-refractivity contribution in [1.29, 1.82) is 0 Å². The molecule has 1 rings (SSSR count). The van der Waals surface area contributed by atoms with Crippen LogP contribution in [0.5, 0.6) is 11.5 Å². The quantitative estimate of drug-likeness (QED) is 0.382. The molecule has 70 valence electrons. The number of hydrogen-bond donors (Lipinski definition) is 4. The summed E-state index contributed by atoms with van der Waals surface area (Å²) in [6, 6.07) is 3.84.